The summed E-state index contributed by atoms with van der Waals surface area (Å²) in [5.41, 5.74) is 0.375. The van der Waals surface area contributed by atoms with Gasteiger partial charge in [-0.3, -0.25) is 0 Å². The van der Waals surface area contributed by atoms with Gasteiger partial charge in [0.15, 0.2) is 0 Å². The van der Waals surface area contributed by atoms with E-state index >= 15 is 0 Å². The van der Waals surface area contributed by atoms with Crippen molar-refractivity contribution in [2.45, 2.75) is 44.4 Å². The van der Waals surface area contributed by atoms with Crippen molar-refractivity contribution in [3.63, 3.8) is 0 Å². The molecule has 0 unspecified atom stereocenters. The lowest BCUT2D eigenvalue weighted by atomic mass is 9.83. The molecule has 1 rings (SSSR count). The van der Waals surface area contributed by atoms with Crippen molar-refractivity contribution in [1.29, 1.82) is 0 Å². The smallest absolute Gasteiger partial charge is 0.0417 e. The Balaban J connectivity index is 2.66. The van der Waals surface area contributed by atoms with Crippen molar-refractivity contribution < 1.29 is 0 Å². The molecule has 0 aliphatic heterocycles. The predicted octanol–water partition coefficient (Wildman–Crippen LogP) is 5.95. The molecule has 0 N–H and O–H groups in total. The van der Waals surface area contributed by atoms with Crippen LogP contribution in [-0.4, -0.2) is 11.5 Å². The summed E-state index contributed by atoms with van der Waals surface area (Å²) in [6.07, 6.45) is 4.99. The van der Waals surface area contributed by atoms with E-state index in [4.69, 9.17) is 11.6 Å². The van der Waals surface area contributed by atoms with Gasteiger partial charge in [-0.1, -0.05) is 44.4 Å². The monoisotopic (exact) mass is 302 g/mol. The summed E-state index contributed by atoms with van der Waals surface area (Å²) in [6, 6.07) is 8.13. The van der Waals surface area contributed by atoms with Gasteiger partial charge in [0.05, 0.1) is 0 Å². The van der Waals surface area contributed by atoms with E-state index in [9.17, 15) is 0 Å². The van der Waals surface area contributed by atoms with Gasteiger partial charge in [-0.15, -0.1) is 11.8 Å². The molecule has 102 valence electrons. The summed E-state index contributed by atoms with van der Waals surface area (Å²) in [7, 11) is 0. The molecular formula is C15H23ClS2. The molecule has 0 heterocycles. The molecule has 0 aliphatic rings. The first kappa shape index (κ1) is 16.3. The molecular weight excluding hydrogens is 280 g/mol. The lowest BCUT2D eigenvalue weighted by Gasteiger charge is -2.31. The van der Waals surface area contributed by atoms with Gasteiger partial charge in [-0.05, 0) is 42.2 Å². The maximum absolute atomic E-state index is 6.02. The minimum Gasteiger partial charge on any atom is -0.179 e. The van der Waals surface area contributed by atoms with Crippen molar-refractivity contribution in [3.8, 4) is 0 Å². The zero-order valence-corrected chi connectivity index (χ0v) is 13.8. The molecule has 0 bridgehead atoms. The SMILES string of the molecule is CCCC(CS)(CCC)CSc1cccc(Cl)c1. The molecule has 0 fully saturated rings. The van der Waals surface area contributed by atoms with Crippen LogP contribution in [0.5, 0.6) is 0 Å². The quantitative estimate of drug-likeness (QED) is 0.457. The zero-order valence-electron chi connectivity index (χ0n) is 11.3. The van der Waals surface area contributed by atoms with Crippen LogP contribution < -0.4 is 0 Å². The van der Waals surface area contributed by atoms with E-state index < -0.39 is 0 Å². The number of thiol groups is 1. The Labute approximate surface area is 126 Å². The molecule has 3 heteroatoms. The highest BCUT2D eigenvalue weighted by Gasteiger charge is 2.26. The van der Waals surface area contributed by atoms with Crippen LogP contribution in [0.25, 0.3) is 0 Å². The number of thioether (sulfide) groups is 1. The maximum Gasteiger partial charge on any atom is 0.0417 e. The first-order valence-corrected chi connectivity index (χ1v) is 8.64. The van der Waals surface area contributed by atoms with E-state index in [1.807, 2.05) is 30.0 Å². The third-order valence-corrected chi connectivity index (χ3v) is 5.49. The van der Waals surface area contributed by atoms with Crippen molar-refractivity contribution >= 4 is 36.0 Å². The zero-order chi connectivity index (χ0) is 13.4. The van der Waals surface area contributed by atoms with Gasteiger partial charge in [0, 0.05) is 15.7 Å². The maximum atomic E-state index is 6.02. The highest BCUT2D eigenvalue weighted by atomic mass is 35.5. The Morgan fingerprint density at radius 1 is 1.22 bits per heavy atom. The highest BCUT2D eigenvalue weighted by molar-refractivity contribution is 7.99. The third-order valence-electron chi connectivity index (χ3n) is 3.24. The molecule has 0 spiro atoms. The number of halogens is 1. The molecule has 0 saturated carbocycles. The van der Waals surface area contributed by atoms with E-state index in [1.54, 1.807) is 0 Å². The Hall–Kier alpha value is 0.210. The average Bonchev–Trinajstić information content (AvgIpc) is 2.37. The molecule has 0 saturated heterocycles. The fraction of sp³-hybridized carbons (Fsp3) is 0.600. The first-order chi connectivity index (χ1) is 8.65. The second-order valence-electron chi connectivity index (χ2n) is 4.90. The second kappa shape index (κ2) is 8.39. The van der Waals surface area contributed by atoms with Gasteiger partial charge in [0.1, 0.15) is 0 Å². The average molecular weight is 303 g/mol. The van der Waals surface area contributed by atoms with Crippen LogP contribution in [0.3, 0.4) is 0 Å². The minimum atomic E-state index is 0.375. The molecule has 0 nitrogen and oxygen atoms in total. The van der Waals surface area contributed by atoms with Crippen LogP contribution >= 0.6 is 36.0 Å². The molecule has 18 heavy (non-hydrogen) atoms. The van der Waals surface area contributed by atoms with Gasteiger partial charge < -0.3 is 0 Å². The van der Waals surface area contributed by atoms with Crippen LogP contribution in [-0.2, 0) is 0 Å². The van der Waals surface area contributed by atoms with Gasteiger partial charge in [0.2, 0.25) is 0 Å². The predicted molar refractivity (Wildman–Crippen MR) is 88.3 cm³/mol. The van der Waals surface area contributed by atoms with Crippen LogP contribution in [0.4, 0.5) is 0 Å². The Kier molecular flexibility index (Phi) is 7.59. The summed E-state index contributed by atoms with van der Waals surface area (Å²) in [4.78, 5) is 1.26. The molecule has 0 atom stereocenters. The summed E-state index contributed by atoms with van der Waals surface area (Å²) in [5, 5.41) is 0.822. The normalized spacial score (nSPS) is 11.8. The fourth-order valence-corrected chi connectivity index (χ4v) is 4.41. The summed E-state index contributed by atoms with van der Waals surface area (Å²) < 4.78 is 0. The molecule has 1 aromatic carbocycles. The van der Waals surface area contributed by atoms with Crippen LogP contribution in [0.2, 0.25) is 5.02 Å². The lowest BCUT2D eigenvalue weighted by Crippen LogP contribution is -2.25. The van der Waals surface area contributed by atoms with Crippen LogP contribution in [0, 0.1) is 5.41 Å². The Bertz CT molecular complexity index is 346. The first-order valence-electron chi connectivity index (χ1n) is 6.65. The van der Waals surface area contributed by atoms with E-state index in [2.05, 4.69) is 32.5 Å². The van der Waals surface area contributed by atoms with Gasteiger partial charge in [-0.25, -0.2) is 0 Å². The number of hydrogen-bond donors (Lipinski definition) is 1. The van der Waals surface area contributed by atoms with Crippen molar-refractivity contribution in [3.05, 3.63) is 29.3 Å². The van der Waals surface area contributed by atoms with E-state index in [0.717, 1.165) is 16.5 Å². The topological polar surface area (TPSA) is 0 Å². The lowest BCUT2D eigenvalue weighted by molar-refractivity contribution is 0.318. The molecule has 0 radical (unpaired) electrons. The summed E-state index contributed by atoms with van der Waals surface area (Å²) in [5.74, 6) is 2.11. The van der Waals surface area contributed by atoms with Crippen molar-refractivity contribution in [1.82, 2.24) is 0 Å². The molecule has 1 aromatic rings. The standard InChI is InChI=1S/C15H23ClS2/c1-3-8-15(11-17,9-4-2)12-18-14-7-5-6-13(16)10-14/h5-7,10,17H,3-4,8-9,11-12H2,1-2H3. The number of rotatable bonds is 8. The highest BCUT2D eigenvalue weighted by Crippen LogP contribution is 2.37. The fourth-order valence-electron chi connectivity index (χ4n) is 2.33. The summed E-state index contributed by atoms with van der Waals surface area (Å²) in [6.45, 7) is 4.52. The second-order valence-corrected chi connectivity index (χ2v) is 6.71. The van der Waals surface area contributed by atoms with Crippen molar-refractivity contribution in [2.24, 2.45) is 5.41 Å². The molecule has 0 amide bonds. The number of hydrogen-bond acceptors (Lipinski definition) is 2. The van der Waals surface area contributed by atoms with Gasteiger partial charge in [-0.2, -0.15) is 12.6 Å². The minimum absolute atomic E-state index is 0.375. The van der Waals surface area contributed by atoms with E-state index in [-0.39, 0.29) is 0 Å². The number of benzene rings is 1. The Morgan fingerprint density at radius 2 is 1.89 bits per heavy atom. The Morgan fingerprint density at radius 3 is 2.39 bits per heavy atom. The van der Waals surface area contributed by atoms with Crippen LogP contribution in [0.15, 0.2) is 29.2 Å². The van der Waals surface area contributed by atoms with Crippen LogP contribution in [0.1, 0.15) is 39.5 Å². The summed E-state index contributed by atoms with van der Waals surface area (Å²) >= 11 is 12.5. The van der Waals surface area contributed by atoms with E-state index in [1.165, 1.54) is 30.6 Å². The van der Waals surface area contributed by atoms with E-state index in [0.29, 0.717) is 5.41 Å². The van der Waals surface area contributed by atoms with Gasteiger partial charge in [0.25, 0.3) is 0 Å². The van der Waals surface area contributed by atoms with Crippen molar-refractivity contribution in [2.75, 3.05) is 11.5 Å². The third kappa shape index (κ3) is 5.07. The molecule has 0 aromatic heterocycles. The largest absolute Gasteiger partial charge is 0.179 e. The van der Waals surface area contributed by atoms with Gasteiger partial charge >= 0.3 is 0 Å². The molecule has 0 aliphatic carbocycles.